The predicted molar refractivity (Wildman–Crippen MR) is 118 cm³/mol. The van der Waals surface area contributed by atoms with Gasteiger partial charge in [0, 0.05) is 22.8 Å². The highest BCUT2D eigenvalue weighted by molar-refractivity contribution is 6.09. The van der Waals surface area contributed by atoms with Gasteiger partial charge >= 0.3 is 0 Å². The molecule has 1 heterocycles. The van der Waals surface area contributed by atoms with Crippen molar-refractivity contribution >= 4 is 27.6 Å². The standard InChI is InChI=1S/C24H24N2O4/c1-28-21-10-4-5-11-22(21)29-14-13-25-15-17(27)16-30-23-12-6-8-19-18-7-2-3-9-20(18)26-24(19)23/h2-12,25-26H,13-16H2,1H3. The van der Waals surface area contributed by atoms with E-state index in [0.29, 0.717) is 30.4 Å². The summed E-state index contributed by atoms with van der Waals surface area (Å²) in [5.74, 6) is 2.02. The van der Waals surface area contributed by atoms with E-state index in [2.05, 4.69) is 16.4 Å². The zero-order valence-corrected chi connectivity index (χ0v) is 16.8. The SMILES string of the molecule is COc1ccccc1OCCNCC(=O)COc1cccc2c1[nH]c1ccccc12. The van der Waals surface area contributed by atoms with Crippen LogP contribution in [0.3, 0.4) is 0 Å². The Bertz CT molecular complexity index is 1150. The topological polar surface area (TPSA) is 72.6 Å². The van der Waals surface area contributed by atoms with Gasteiger partial charge in [0.15, 0.2) is 17.3 Å². The second-order valence-corrected chi connectivity index (χ2v) is 6.85. The van der Waals surface area contributed by atoms with Crippen LogP contribution in [0.5, 0.6) is 17.2 Å². The Morgan fingerprint density at radius 1 is 0.867 bits per heavy atom. The zero-order chi connectivity index (χ0) is 20.8. The number of H-pyrrole nitrogens is 1. The number of para-hydroxylation sites is 4. The van der Waals surface area contributed by atoms with Gasteiger partial charge in [-0.25, -0.2) is 0 Å². The molecular weight excluding hydrogens is 380 g/mol. The maximum atomic E-state index is 12.2. The fraction of sp³-hybridized carbons (Fsp3) is 0.208. The summed E-state index contributed by atoms with van der Waals surface area (Å²) in [5.41, 5.74) is 1.95. The van der Waals surface area contributed by atoms with E-state index in [9.17, 15) is 4.79 Å². The van der Waals surface area contributed by atoms with E-state index in [4.69, 9.17) is 14.2 Å². The van der Waals surface area contributed by atoms with Crippen molar-refractivity contribution in [3.05, 3.63) is 66.7 Å². The molecule has 0 atom stereocenters. The number of carbonyl (C=O) groups excluding carboxylic acids is 1. The second-order valence-electron chi connectivity index (χ2n) is 6.85. The molecule has 0 radical (unpaired) electrons. The molecule has 6 nitrogen and oxygen atoms in total. The quantitative estimate of drug-likeness (QED) is 0.392. The number of ether oxygens (including phenoxy) is 3. The third-order valence-electron chi connectivity index (χ3n) is 4.82. The highest BCUT2D eigenvalue weighted by Crippen LogP contribution is 2.31. The van der Waals surface area contributed by atoms with E-state index in [1.807, 2.05) is 60.7 Å². The Morgan fingerprint density at radius 2 is 1.60 bits per heavy atom. The molecule has 0 unspecified atom stereocenters. The average molecular weight is 404 g/mol. The molecule has 1 aromatic heterocycles. The molecule has 4 rings (SSSR count). The lowest BCUT2D eigenvalue weighted by Gasteiger charge is -2.11. The van der Waals surface area contributed by atoms with E-state index in [1.165, 1.54) is 0 Å². The average Bonchev–Trinajstić information content (AvgIpc) is 3.17. The Labute approximate surface area is 174 Å². The lowest BCUT2D eigenvalue weighted by atomic mass is 10.1. The fourth-order valence-corrected chi connectivity index (χ4v) is 3.37. The Kier molecular flexibility index (Phi) is 6.15. The normalized spacial score (nSPS) is 11.0. The molecule has 0 aliphatic rings. The van der Waals surface area contributed by atoms with Gasteiger partial charge in [0.25, 0.3) is 0 Å². The number of hydrogen-bond donors (Lipinski definition) is 2. The van der Waals surface area contributed by atoms with Crippen LogP contribution >= 0.6 is 0 Å². The summed E-state index contributed by atoms with van der Waals surface area (Å²) in [6, 6.07) is 21.4. The molecule has 0 aliphatic heterocycles. The summed E-state index contributed by atoms with van der Waals surface area (Å²) in [7, 11) is 1.61. The minimum absolute atomic E-state index is 0.00877. The zero-order valence-electron chi connectivity index (χ0n) is 16.8. The van der Waals surface area contributed by atoms with Gasteiger partial charge in [-0.2, -0.15) is 0 Å². The lowest BCUT2D eigenvalue weighted by Crippen LogP contribution is -2.30. The molecule has 0 amide bonds. The number of aromatic nitrogens is 1. The molecule has 154 valence electrons. The van der Waals surface area contributed by atoms with Crippen molar-refractivity contribution in [2.45, 2.75) is 0 Å². The van der Waals surface area contributed by atoms with Crippen molar-refractivity contribution in [1.82, 2.24) is 10.3 Å². The number of nitrogens with one attached hydrogen (secondary N) is 2. The summed E-state index contributed by atoms with van der Waals surface area (Å²) >= 11 is 0. The molecule has 3 aromatic carbocycles. The first kappa shape index (κ1) is 19.8. The summed E-state index contributed by atoms with van der Waals surface area (Å²) in [6.45, 7) is 1.21. The van der Waals surface area contributed by atoms with Gasteiger partial charge < -0.3 is 24.5 Å². The van der Waals surface area contributed by atoms with Crippen LogP contribution in [0, 0.1) is 0 Å². The third-order valence-corrected chi connectivity index (χ3v) is 4.82. The first-order valence-corrected chi connectivity index (χ1v) is 9.87. The van der Waals surface area contributed by atoms with E-state index < -0.39 is 0 Å². The van der Waals surface area contributed by atoms with Crippen LogP contribution in [0.25, 0.3) is 21.8 Å². The van der Waals surface area contributed by atoms with Crippen molar-refractivity contribution in [3.8, 4) is 17.2 Å². The maximum Gasteiger partial charge on any atom is 0.183 e. The van der Waals surface area contributed by atoms with Crippen molar-refractivity contribution in [2.75, 3.05) is 33.4 Å². The summed E-state index contributed by atoms with van der Waals surface area (Å²) in [4.78, 5) is 15.6. The Balaban J connectivity index is 1.25. The number of carbonyl (C=O) groups is 1. The first-order chi connectivity index (χ1) is 14.8. The molecule has 4 aromatic rings. The number of fused-ring (bicyclic) bond motifs is 3. The molecule has 0 saturated carbocycles. The van der Waals surface area contributed by atoms with Crippen LogP contribution in [-0.4, -0.2) is 44.2 Å². The molecule has 0 bridgehead atoms. The minimum atomic E-state index is -0.0274. The maximum absolute atomic E-state index is 12.2. The molecule has 0 aliphatic carbocycles. The first-order valence-electron chi connectivity index (χ1n) is 9.87. The van der Waals surface area contributed by atoms with Crippen LogP contribution in [0.1, 0.15) is 0 Å². The molecule has 6 heteroatoms. The van der Waals surface area contributed by atoms with Crippen molar-refractivity contribution in [2.24, 2.45) is 0 Å². The summed E-state index contributed by atoms with van der Waals surface area (Å²) in [6.07, 6.45) is 0. The van der Waals surface area contributed by atoms with E-state index in [0.717, 1.165) is 21.8 Å². The Hall–Kier alpha value is -3.51. The van der Waals surface area contributed by atoms with Crippen LogP contribution in [0.15, 0.2) is 66.7 Å². The third kappa shape index (κ3) is 4.39. The lowest BCUT2D eigenvalue weighted by molar-refractivity contribution is -0.120. The highest BCUT2D eigenvalue weighted by Gasteiger charge is 2.10. The van der Waals surface area contributed by atoms with Crippen LogP contribution in [-0.2, 0) is 4.79 Å². The van der Waals surface area contributed by atoms with Gasteiger partial charge in [0.05, 0.1) is 19.2 Å². The molecule has 2 N–H and O–H groups in total. The molecule has 0 fully saturated rings. The number of Topliss-reactive ketones (excluding diaryl/α,β-unsaturated/α-hetero) is 1. The minimum Gasteiger partial charge on any atom is -0.493 e. The van der Waals surface area contributed by atoms with Gasteiger partial charge in [-0.3, -0.25) is 4.79 Å². The van der Waals surface area contributed by atoms with Gasteiger partial charge in [-0.05, 0) is 24.3 Å². The number of methoxy groups -OCH3 is 1. The number of ketones is 1. The summed E-state index contributed by atoms with van der Waals surface area (Å²) in [5, 5.41) is 5.31. The van der Waals surface area contributed by atoms with E-state index in [1.54, 1.807) is 7.11 Å². The van der Waals surface area contributed by atoms with Crippen molar-refractivity contribution in [1.29, 1.82) is 0 Å². The molecule has 0 saturated heterocycles. The van der Waals surface area contributed by atoms with Crippen molar-refractivity contribution < 1.29 is 19.0 Å². The highest BCUT2D eigenvalue weighted by atomic mass is 16.5. The second kappa shape index (κ2) is 9.33. The van der Waals surface area contributed by atoms with E-state index in [-0.39, 0.29) is 18.9 Å². The van der Waals surface area contributed by atoms with Gasteiger partial charge in [0.2, 0.25) is 0 Å². The van der Waals surface area contributed by atoms with Crippen LogP contribution in [0.2, 0.25) is 0 Å². The monoisotopic (exact) mass is 404 g/mol. The Morgan fingerprint density at radius 3 is 2.47 bits per heavy atom. The molecular formula is C24H24N2O4. The number of hydrogen-bond acceptors (Lipinski definition) is 5. The van der Waals surface area contributed by atoms with Gasteiger partial charge in [-0.1, -0.05) is 42.5 Å². The number of aromatic amines is 1. The number of rotatable bonds is 10. The molecule has 0 spiro atoms. The number of benzene rings is 3. The van der Waals surface area contributed by atoms with Crippen molar-refractivity contribution in [3.63, 3.8) is 0 Å². The van der Waals surface area contributed by atoms with Gasteiger partial charge in [-0.15, -0.1) is 0 Å². The van der Waals surface area contributed by atoms with Gasteiger partial charge in [0.1, 0.15) is 19.0 Å². The van der Waals surface area contributed by atoms with E-state index >= 15 is 0 Å². The molecule has 30 heavy (non-hydrogen) atoms. The largest absolute Gasteiger partial charge is 0.493 e. The van der Waals surface area contributed by atoms with Crippen LogP contribution < -0.4 is 19.5 Å². The predicted octanol–water partition coefficient (Wildman–Crippen LogP) is 3.95. The van der Waals surface area contributed by atoms with Crippen LogP contribution in [0.4, 0.5) is 0 Å². The summed E-state index contributed by atoms with van der Waals surface area (Å²) < 4.78 is 16.7. The fourth-order valence-electron chi connectivity index (χ4n) is 3.37. The smallest absolute Gasteiger partial charge is 0.183 e.